The Labute approximate surface area is 147 Å². The SMILES string of the molecule is N#Cc1ccc(-c2cccc(C(=O)NCC3(O)CCCCC3)c2)cn1. The molecule has 25 heavy (non-hydrogen) atoms. The normalized spacial score (nSPS) is 16.0. The van der Waals surface area contributed by atoms with Crippen molar-refractivity contribution < 1.29 is 9.90 Å². The molecule has 2 aromatic rings. The van der Waals surface area contributed by atoms with Gasteiger partial charge in [-0.3, -0.25) is 4.79 Å². The number of pyridine rings is 1. The number of nitrogens with one attached hydrogen (secondary N) is 1. The molecular formula is C20H21N3O2. The lowest BCUT2D eigenvalue weighted by atomic mass is 9.85. The van der Waals surface area contributed by atoms with Crippen LogP contribution in [0.25, 0.3) is 11.1 Å². The quantitative estimate of drug-likeness (QED) is 0.899. The van der Waals surface area contributed by atoms with Crippen LogP contribution < -0.4 is 5.32 Å². The fourth-order valence-electron chi connectivity index (χ4n) is 3.20. The van der Waals surface area contributed by atoms with Crippen LogP contribution in [-0.2, 0) is 0 Å². The third kappa shape index (κ3) is 4.23. The van der Waals surface area contributed by atoms with Crippen molar-refractivity contribution in [3.63, 3.8) is 0 Å². The second-order valence-corrected chi connectivity index (χ2v) is 6.59. The smallest absolute Gasteiger partial charge is 0.251 e. The number of hydrogen-bond donors (Lipinski definition) is 2. The van der Waals surface area contributed by atoms with E-state index in [4.69, 9.17) is 5.26 Å². The van der Waals surface area contributed by atoms with Crippen LogP contribution in [0.15, 0.2) is 42.6 Å². The van der Waals surface area contributed by atoms with Crippen molar-refractivity contribution in [3.05, 3.63) is 53.9 Å². The lowest BCUT2D eigenvalue weighted by Gasteiger charge is -2.32. The minimum atomic E-state index is -0.775. The van der Waals surface area contributed by atoms with Gasteiger partial charge in [-0.15, -0.1) is 0 Å². The van der Waals surface area contributed by atoms with E-state index in [-0.39, 0.29) is 12.5 Å². The molecule has 0 unspecified atom stereocenters. The molecule has 5 heteroatoms. The molecule has 1 aliphatic carbocycles. The van der Waals surface area contributed by atoms with Crippen LogP contribution in [-0.4, -0.2) is 28.1 Å². The summed E-state index contributed by atoms with van der Waals surface area (Å²) in [5.41, 5.74) is 1.84. The van der Waals surface area contributed by atoms with Gasteiger partial charge in [-0.25, -0.2) is 4.98 Å². The van der Waals surface area contributed by atoms with Crippen LogP contribution >= 0.6 is 0 Å². The molecule has 1 saturated carbocycles. The molecule has 2 N–H and O–H groups in total. The number of carbonyl (C=O) groups excluding carboxylic acids is 1. The van der Waals surface area contributed by atoms with Gasteiger partial charge < -0.3 is 10.4 Å². The topological polar surface area (TPSA) is 86.0 Å². The zero-order valence-electron chi connectivity index (χ0n) is 14.0. The molecule has 5 nitrogen and oxygen atoms in total. The minimum Gasteiger partial charge on any atom is -0.388 e. The number of amides is 1. The highest BCUT2D eigenvalue weighted by Gasteiger charge is 2.29. The van der Waals surface area contributed by atoms with E-state index in [9.17, 15) is 9.90 Å². The van der Waals surface area contributed by atoms with Crippen LogP contribution in [0.5, 0.6) is 0 Å². The monoisotopic (exact) mass is 335 g/mol. The Bertz CT molecular complexity index is 787. The van der Waals surface area contributed by atoms with Gasteiger partial charge in [0.2, 0.25) is 0 Å². The van der Waals surface area contributed by atoms with Gasteiger partial charge in [0.1, 0.15) is 11.8 Å². The summed E-state index contributed by atoms with van der Waals surface area (Å²) in [6, 6.07) is 12.7. The number of aliphatic hydroxyl groups is 1. The molecule has 0 spiro atoms. The third-order valence-electron chi connectivity index (χ3n) is 4.70. The van der Waals surface area contributed by atoms with Crippen molar-refractivity contribution in [2.24, 2.45) is 0 Å². The molecule has 0 radical (unpaired) electrons. The molecule has 1 aromatic carbocycles. The highest BCUT2D eigenvalue weighted by Crippen LogP contribution is 2.27. The first-order valence-corrected chi connectivity index (χ1v) is 8.57. The van der Waals surface area contributed by atoms with Gasteiger partial charge in [-0.05, 0) is 42.7 Å². The summed E-state index contributed by atoms with van der Waals surface area (Å²) in [6.07, 6.45) is 6.27. The molecule has 3 rings (SSSR count). The standard InChI is InChI=1S/C20H21N3O2/c21-12-18-8-7-17(13-22-18)15-5-4-6-16(11-15)19(24)23-14-20(25)9-2-1-3-10-20/h4-8,11,13,25H,1-3,9-10,14H2,(H,23,24). The van der Waals surface area contributed by atoms with E-state index in [1.54, 1.807) is 24.4 Å². The first-order valence-electron chi connectivity index (χ1n) is 8.57. The van der Waals surface area contributed by atoms with Crippen LogP contribution in [0.1, 0.15) is 48.2 Å². The predicted molar refractivity (Wildman–Crippen MR) is 94.8 cm³/mol. The highest BCUT2D eigenvalue weighted by molar-refractivity contribution is 5.95. The van der Waals surface area contributed by atoms with Gasteiger partial charge in [0, 0.05) is 23.9 Å². The Balaban J connectivity index is 1.70. The van der Waals surface area contributed by atoms with E-state index in [1.807, 2.05) is 24.3 Å². The van der Waals surface area contributed by atoms with Gasteiger partial charge in [0.05, 0.1) is 5.60 Å². The second-order valence-electron chi connectivity index (χ2n) is 6.59. The summed E-state index contributed by atoms with van der Waals surface area (Å²) in [5, 5.41) is 22.2. The maximum Gasteiger partial charge on any atom is 0.251 e. The molecule has 0 bridgehead atoms. The number of nitrogens with zero attached hydrogens (tertiary/aromatic N) is 2. The van der Waals surface area contributed by atoms with Crippen molar-refractivity contribution in [2.45, 2.75) is 37.7 Å². The molecule has 0 saturated heterocycles. The molecule has 1 aromatic heterocycles. The largest absolute Gasteiger partial charge is 0.388 e. The molecule has 1 amide bonds. The fraction of sp³-hybridized carbons (Fsp3) is 0.350. The summed E-state index contributed by atoms with van der Waals surface area (Å²) in [6.45, 7) is 0.286. The van der Waals surface area contributed by atoms with Crippen LogP contribution in [0, 0.1) is 11.3 Å². The summed E-state index contributed by atoms with van der Waals surface area (Å²) in [5.74, 6) is -0.192. The molecule has 128 valence electrons. The molecule has 1 heterocycles. The molecular weight excluding hydrogens is 314 g/mol. The van der Waals surface area contributed by atoms with Gasteiger partial charge in [-0.1, -0.05) is 31.4 Å². The van der Waals surface area contributed by atoms with Crippen LogP contribution in [0.4, 0.5) is 0 Å². The molecule has 0 aliphatic heterocycles. The van der Waals surface area contributed by atoms with E-state index >= 15 is 0 Å². The predicted octanol–water partition coefficient (Wildman–Crippen LogP) is 3.05. The number of rotatable bonds is 4. The van der Waals surface area contributed by atoms with Gasteiger partial charge in [-0.2, -0.15) is 5.26 Å². The minimum absolute atomic E-state index is 0.192. The Morgan fingerprint density at radius 1 is 1.20 bits per heavy atom. The lowest BCUT2D eigenvalue weighted by Crippen LogP contribution is -2.44. The third-order valence-corrected chi connectivity index (χ3v) is 4.70. The first kappa shape index (κ1) is 17.1. The maximum absolute atomic E-state index is 12.4. The summed E-state index contributed by atoms with van der Waals surface area (Å²) >= 11 is 0. The molecule has 0 atom stereocenters. The van der Waals surface area contributed by atoms with Gasteiger partial charge in [0.25, 0.3) is 5.91 Å². The van der Waals surface area contributed by atoms with E-state index in [0.717, 1.165) is 43.2 Å². The van der Waals surface area contributed by atoms with E-state index in [2.05, 4.69) is 10.3 Å². The number of hydrogen-bond acceptors (Lipinski definition) is 4. The Morgan fingerprint density at radius 2 is 2.00 bits per heavy atom. The van der Waals surface area contributed by atoms with Gasteiger partial charge in [0.15, 0.2) is 0 Å². The van der Waals surface area contributed by atoms with Crippen LogP contribution in [0.3, 0.4) is 0 Å². The van der Waals surface area contributed by atoms with Gasteiger partial charge >= 0.3 is 0 Å². The average Bonchev–Trinajstić information content (AvgIpc) is 2.67. The Hall–Kier alpha value is -2.71. The first-order chi connectivity index (χ1) is 12.1. The second kappa shape index (κ2) is 7.45. The number of benzene rings is 1. The average molecular weight is 335 g/mol. The number of aromatic nitrogens is 1. The summed E-state index contributed by atoms with van der Waals surface area (Å²) < 4.78 is 0. The van der Waals surface area contributed by atoms with Crippen molar-refractivity contribution in [2.75, 3.05) is 6.54 Å². The number of nitriles is 1. The highest BCUT2D eigenvalue weighted by atomic mass is 16.3. The van der Waals surface area contributed by atoms with E-state index in [0.29, 0.717) is 11.3 Å². The molecule has 1 aliphatic rings. The lowest BCUT2D eigenvalue weighted by molar-refractivity contribution is 0.00526. The zero-order chi connectivity index (χ0) is 17.7. The summed E-state index contributed by atoms with van der Waals surface area (Å²) in [7, 11) is 0. The van der Waals surface area contributed by atoms with Crippen molar-refractivity contribution in [1.82, 2.24) is 10.3 Å². The summed E-state index contributed by atoms with van der Waals surface area (Å²) in [4.78, 5) is 16.5. The Morgan fingerprint density at radius 3 is 2.68 bits per heavy atom. The maximum atomic E-state index is 12.4. The molecule has 1 fully saturated rings. The van der Waals surface area contributed by atoms with Crippen molar-refractivity contribution >= 4 is 5.91 Å². The zero-order valence-corrected chi connectivity index (χ0v) is 14.0. The van der Waals surface area contributed by atoms with E-state index < -0.39 is 5.60 Å². The van der Waals surface area contributed by atoms with Crippen molar-refractivity contribution in [3.8, 4) is 17.2 Å². The fourth-order valence-corrected chi connectivity index (χ4v) is 3.20. The van der Waals surface area contributed by atoms with Crippen molar-refractivity contribution in [1.29, 1.82) is 5.26 Å². The van der Waals surface area contributed by atoms with E-state index in [1.165, 1.54) is 0 Å². The Kier molecular flexibility index (Phi) is 5.11. The van der Waals surface area contributed by atoms with Crippen LogP contribution in [0.2, 0.25) is 0 Å². The number of carbonyl (C=O) groups is 1.